The Morgan fingerprint density at radius 3 is 2.24 bits per heavy atom. The van der Waals surface area contributed by atoms with Crippen molar-refractivity contribution in [3.8, 4) is 12.1 Å². The van der Waals surface area contributed by atoms with Crippen molar-refractivity contribution >= 4 is 17.0 Å². The summed E-state index contributed by atoms with van der Waals surface area (Å²) < 4.78 is 0. The number of hydrogen-bond donors (Lipinski definition) is 0. The van der Waals surface area contributed by atoms with Crippen molar-refractivity contribution in [3.05, 3.63) is 94.2 Å². The van der Waals surface area contributed by atoms with Gasteiger partial charge in [0, 0.05) is 40.6 Å². The molecule has 1 aliphatic carbocycles. The van der Waals surface area contributed by atoms with E-state index >= 15 is 0 Å². The molecule has 2 aromatic rings. The van der Waals surface area contributed by atoms with E-state index < -0.39 is 0 Å². The van der Waals surface area contributed by atoms with Gasteiger partial charge in [-0.25, -0.2) is 0 Å². The molecule has 0 atom stereocenters. The van der Waals surface area contributed by atoms with Gasteiger partial charge in [0.25, 0.3) is 0 Å². The molecule has 1 aliphatic heterocycles. The van der Waals surface area contributed by atoms with Gasteiger partial charge in [-0.1, -0.05) is 56.3 Å². The minimum Gasteiger partial charge on any atom is -0.347 e. The van der Waals surface area contributed by atoms with Crippen molar-refractivity contribution in [1.82, 2.24) is 0 Å². The Morgan fingerprint density at radius 2 is 1.59 bits per heavy atom. The lowest BCUT2D eigenvalue weighted by atomic mass is 9.83. The number of allylic oxidation sites excluding steroid dienone is 6. The Hall–Kier alpha value is -3.89. The Morgan fingerprint density at radius 1 is 0.966 bits per heavy atom. The molecule has 0 bridgehead atoms. The molecule has 0 aromatic heterocycles. The molecule has 29 heavy (non-hydrogen) atoms. The summed E-state index contributed by atoms with van der Waals surface area (Å²) in [4.78, 5) is 15.2. The largest absolute Gasteiger partial charge is 0.347 e. The fourth-order valence-corrected chi connectivity index (χ4v) is 4.33. The van der Waals surface area contributed by atoms with E-state index in [9.17, 15) is 15.3 Å². The maximum absolute atomic E-state index is 13.0. The van der Waals surface area contributed by atoms with Crippen LogP contribution in [0.3, 0.4) is 0 Å². The van der Waals surface area contributed by atoms with E-state index in [1.165, 1.54) is 5.56 Å². The summed E-state index contributed by atoms with van der Waals surface area (Å²) in [5.41, 5.74) is 5.10. The second-order valence-corrected chi connectivity index (χ2v) is 7.68. The third-order valence-electron chi connectivity index (χ3n) is 5.78. The molecule has 0 N–H and O–H groups in total. The number of ketones is 1. The van der Waals surface area contributed by atoms with Crippen LogP contribution in [0.25, 0.3) is 5.57 Å². The number of hydrogen-bond acceptors (Lipinski definition) is 4. The van der Waals surface area contributed by atoms with Crippen molar-refractivity contribution < 1.29 is 4.79 Å². The zero-order chi connectivity index (χ0) is 20.8. The highest BCUT2D eigenvalue weighted by atomic mass is 16.1. The van der Waals surface area contributed by atoms with Crippen LogP contribution < -0.4 is 4.90 Å². The number of nitrogens with zero attached hydrogens (tertiary/aromatic N) is 3. The van der Waals surface area contributed by atoms with Crippen LogP contribution in [-0.4, -0.2) is 12.8 Å². The Balaban J connectivity index is 1.90. The molecule has 1 heterocycles. The first-order valence-electron chi connectivity index (χ1n) is 9.36. The fraction of sp³-hybridized carbons (Fsp3) is 0.160. The van der Waals surface area contributed by atoms with Gasteiger partial charge in [0.05, 0.1) is 0 Å². The molecule has 0 spiro atoms. The SMILES string of the molecule is CN1/C(=C/C=C2\C(=O)c3ccccc3C2=C(C#N)C#N)C(C)(C)c2ccccc21. The van der Waals surface area contributed by atoms with Crippen LogP contribution in [-0.2, 0) is 5.41 Å². The molecule has 0 amide bonds. The van der Waals surface area contributed by atoms with Crippen LogP contribution in [0.15, 0.2) is 77.5 Å². The van der Waals surface area contributed by atoms with Crippen LogP contribution in [0.2, 0.25) is 0 Å². The number of para-hydroxylation sites is 1. The highest BCUT2D eigenvalue weighted by Gasteiger charge is 2.38. The molecule has 0 radical (unpaired) electrons. The van der Waals surface area contributed by atoms with E-state index in [0.29, 0.717) is 22.3 Å². The van der Waals surface area contributed by atoms with E-state index in [2.05, 4.69) is 30.9 Å². The third-order valence-corrected chi connectivity index (χ3v) is 5.78. The molecular formula is C25H19N3O. The Kier molecular flexibility index (Phi) is 4.22. The number of rotatable bonds is 1. The third kappa shape index (κ3) is 2.62. The van der Waals surface area contributed by atoms with Crippen LogP contribution in [0, 0.1) is 22.7 Å². The van der Waals surface area contributed by atoms with Crippen LogP contribution in [0.4, 0.5) is 5.69 Å². The Labute approximate surface area is 170 Å². The molecule has 2 aliphatic rings. The van der Waals surface area contributed by atoms with E-state index in [0.717, 1.165) is 11.4 Å². The predicted octanol–water partition coefficient (Wildman–Crippen LogP) is 4.92. The second-order valence-electron chi connectivity index (χ2n) is 7.68. The van der Waals surface area contributed by atoms with Crippen LogP contribution in [0.5, 0.6) is 0 Å². The first kappa shape index (κ1) is 18.5. The monoisotopic (exact) mass is 377 g/mol. The standard InChI is InChI=1S/C25H19N3O/c1-25(2)20-10-6-7-11-21(20)28(3)22(25)13-12-19-23(16(14-26)15-27)17-8-4-5-9-18(17)24(19)29/h4-13H,1-3H3/b19-12-,22-13+. The van der Waals surface area contributed by atoms with E-state index in [1.54, 1.807) is 24.3 Å². The number of fused-ring (bicyclic) bond motifs is 2. The topological polar surface area (TPSA) is 67.9 Å². The van der Waals surface area contributed by atoms with Crippen molar-refractivity contribution in [1.29, 1.82) is 10.5 Å². The van der Waals surface area contributed by atoms with Crippen LogP contribution >= 0.6 is 0 Å². The number of likely N-dealkylation sites (N-methyl/N-ethyl adjacent to an activating group) is 1. The fourth-order valence-electron chi connectivity index (χ4n) is 4.33. The number of anilines is 1. The normalized spacial score (nSPS) is 19.1. The van der Waals surface area contributed by atoms with Crippen molar-refractivity contribution in [2.75, 3.05) is 11.9 Å². The summed E-state index contributed by atoms with van der Waals surface area (Å²) in [5, 5.41) is 18.9. The lowest BCUT2D eigenvalue weighted by molar-refractivity contribution is 0.104. The number of benzene rings is 2. The number of carbonyl (C=O) groups excluding carboxylic acids is 1. The van der Waals surface area contributed by atoms with Gasteiger partial charge >= 0.3 is 0 Å². The highest BCUT2D eigenvalue weighted by molar-refractivity contribution is 6.27. The average molecular weight is 377 g/mol. The van der Waals surface area contributed by atoms with Crippen molar-refractivity contribution in [3.63, 3.8) is 0 Å². The molecule has 0 fully saturated rings. The summed E-state index contributed by atoms with van der Waals surface area (Å²) in [6.07, 6.45) is 3.69. The number of nitriles is 2. The predicted molar refractivity (Wildman–Crippen MR) is 113 cm³/mol. The van der Waals surface area contributed by atoms with Gasteiger partial charge in [-0.3, -0.25) is 4.79 Å². The summed E-state index contributed by atoms with van der Waals surface area (Å²) in [5.74, 6) is -0.161. The quantitative estimate of drug-likeness (QED) is 0.522. The molecule has 0 saturated carbocycles. The molecule has 4 heteroatoms. The second kappa shape index (κ2) is 6.62. The molecular weight excluding hydrogens is 358 g/mol. The zero-order valence-electron chi connectivity index (χ0n) is 16.5. The van der Waals surface area contributed by atoms with Gasteiger partial charge in [0.15, 0.2) is 5.78 Å². The lowest BCUT2D eigenvalue weighted by Crippen LogP contribution is -2.22. The molecule has 4 nitrogen and oxygen atoms in total. The highest BCUT2D eigenvalue weighted by Crippen LogP contribution is 2.47. The van der Waals surface area contributed by atoms with Gasteiger partial charge < -0.3 is 4.90 Å². The number of Topliss-reactive ketones (excluding diaryl/α,β-unsaturated/α-hetero) is 1. The first-order valence-corrected chi connectivity index (χ1v) is 9.36. The first-order chi connectivity index (χ1) is 13.9. The molecule has 140 valence electrons. The van der Waals surface area contributed by atoms with Crippen molar-refractivity contribution in [2.45, 2.75) is 19.3 Å². The average Bonchev–Trinajstić information content (AvgIpc) is 3.11. The minimum absolute atomic E-state index is 0.0460. The minimum atomic E-state index is -0.228. The van der Waals surface area contributed by atoms with Gasteiger partial charge in [0.2, 0.25) is 0 Å². The van der Waals surface area contributed by atoms with E-state index in [1.807, 2.05) is 43.5 Å². The van der Waals surface area contributed by atoms with E-state index in [4.69, 9.17) is 0 Å². The summed E-state index contributed by atoms with van der Waals surface area (Å²) in [7, 11) is 2.01. The van der Waals surface area contributed by atoms with Crippen LogP contribution in [0.1, 0.15) is 35.3 Å². The molecule has 0 saturated heterocycles. The summed E-state index contributed by atoms with van der Waals surface area (Å²) in [6, 6.07) is 19.2. The van der Waals surface area contributed by atoms with E-state index in [-0.39, 0.29) is 16.8 Å². The summed E-state index contributed by atoms with van der Waals surface area (Å²) >= 11 is 0. The van der Waals surface area contributed by atoms with Gasteiger partial charge in [0.1, 0.15) is 17.7 Å². The smallest absolute Gasteiger partial charge is 0.194 e. The Bertz CT molecular complexity index is 1210. The summed E-state index contributed by atoms with van der Waals surface area (Å²) in [6.45, 7) is 4.30. The zero-order valence-corrected chi connectivity index (χ0v) is 16.5. The van der Waals surface area contributed by atoms with Gasteiger partial charge in [-0.15, -0.1) is 0 Å². The maximum Gasteiger partial charge on any atom is 0.194 e. The molecule has 0 unspecified atom stereocenters. The van der Waals surface area contributed by atoms with Gasteiger partial charge in [-0.2, -0.15) is 10.5 Å². The maximum atomic E-state index is 13.0. The molecule has 2 aromatic carbocycles. The van der Waals surface area contributed by atoms with Crippen molar-refractivity contribution in [2.24, 2.45) is 0 Å². The van der Waals surface area contributed by atoms with Gasteiger partial charge in [-0.05, 0) is 29.3 Å². The number of carbonyl (C=O) groups is 1. The molecule has 4 rings (SSSR count). The lowest BCUT2D eigenvalue weighted by Gasteiger charge is -2.23.